The Hall–Kier alpha value is -3.01. The van der Waals surface area contributed by atoms with Crippen molar-refractivity contribution in [3.05, 3.63) is 66.1 Å². The van der Waals surface area contributed by atoms with Gasteiger partial charge in [0.25, 0.3) is 0 Å². The second-order valence-electron chi connectivity index (χ2n) is 9.86. The highest BCUT2D eigenvalue weighted by Crippen LogP contribution is 2.49. The lowest BCUT2D eigenvalue weighted by molar-refractivity contribution is 0.0339. The molecule has 7 rings (SSSR count). The van der Waals surface area contributed by atoms with Gasteiger partial charge >= 0.3 is 0 Å². The fraction of sp³-hybridized carbons (Fsp3) is 0.393. The Morgan fingerprint density at radius 2 is 1.72 bits per heavy atom. The number of aryl methyl sites for hydroxylation is 1. The van der Waals surface area contributed by atoms with Crippen molar-refractivity contribution in [3.8, 4) is 22.6 Å². The largest absolute Gasteiger partial charge is 0.343 e. The predicted molar refractivity (Wildman–Crippen MR) is 129 cm³/mol. The topological polar surface area (TPSA) is 54.5 Å². The highest BCUT2D eigenvalue weighted by molar-refractivity contribution is 5.93. The summed E-state index contributed by atoms with van der Waals surface area (Å²) >= 11 is 0. The molecule has 3 heterocycles. The van der Waals surface area contributed by atoms with E-state index in [0.29, 0.717) is 0 Å². The molecule has 2 unspecified atom stereocenters. The first-order valence-electron chi connectivity index (χ1n) is 12.0. The molecule has 3 aliphatic carbocycles. The van der Waals surface area contributed by atoms with Crippen LogP contribution in [0, 0.1) is 30.6 Å². The summed E-state index contributed by atoms with van der Waals surface area (Å²) in [5.41, 5.74) is 6.37. The third-order valence-electron chi connectivity index (χ3n) is 8.12. The predicted octanol–water partition coefficient (Wildman–Crippen LogP) is 6.61. The number of nitrogens with one attached hydrogen (secondary N) is 1. The van der Waals surface area contributed by atoms with Gasteiger partial charge in [-0.05, 0) is 80.9 Å². The van der Waals surface area contributed by atoms with Crippen LogP contribution >= 0.6 is 0 Å². The number of aromatic nitrogens is 4. The lowest BCUT2D eigenvalue weighted by atomic mass is 9.58. The number of benzene rings is 1. The molecule has 0 amide bonds. The maximum Gasteiger partial charge on any atom is 0.162 e. The Labute approximate surface area is 189 Å². The van der Waals surface area contributed by atoms with Crippen molar-refractivity contribution >= 4 is 11.0 Å². The molecule has 2 bridgehead atoms. The Bertz CT molecular complexity index is 1250. The molecule has 32 heavy (non-hydrogen) atoms. The zero-order valence-electron chi connectivity index (χ0n) is 18.9. The van der Waals surface area contributed by atoms with Crippen LogP contribution in [0.3, 0.4) is 0 Å². The summed E-state index contributed by atoms with van der Waals surface area (Å²) in [5, 5.41) is 1.09. The molecule has 0 spiro atoms. The molecule has 3 aromatic heterocycles. The third kappa shape index (κ3) is 3.33. The zero-order chi connectivity index (χ0) is 21.7. The molecule has 0 radical (unpaired) electrons. The maximum absolute atomic E-state index is 5.17. The summed E-state index contributed by atoms with van der Waals surface area (Å²) in [6.07, 6.45) is 8.53. The van der Waals surface area contributed by atoms with E-state index in [1.54, 1.807) is 0 Å². The number of H-pyrrole nitrogens is 1. The van der Waals surface area contributed by atoms with Crippen LogP contribution in [0.5, 0.6) is 0 Å². The van der Waals surface area contributed by atoms with Crippen molar-refractivity contribution in [1.82, 2.24) is 19.9 Å². The second kappa shape index (κ2) is 7.84. The van der Waals surface area contributed by atoms with E-state index in [2.05, 4.69) is 66.3 Å². The van der Waals surface area contributed by atoms with E-state index in [1.807, 2.05) is 12.3 Å². The first-order valence-corrected chi connectivity index (χ1v) is 12.0. The minimum absolute atomic E-state index is 0.736. The Morgan fingerprint density at radius 1 is 0.938 bits per heavy atom. The molecule has 2 atom stereocenters. The van der Waals surface area contributed by atoms with Crippen LogP contribution in [0.15, 0.2) is 54.7 Å². The monoisotopic (exact) mass is 422 g/mol. The van der Waals surface area contributed by atoms with E-state index >= 15 is 0 Å². The van der Waals surface area contributed by atoms with Gasteiger partial charge in [-0.15, -0.1) is 0 Å². The van der Waals surface area contributed by atoms with E-state index in [0.717, 1.165) is 69.5 Å². The summed E-state index contributed by atoms with van der Waals surface area (Å²) in [5.74, 6) is 4.10. The number of hydrogen-bond acceptors (Lipinski definition) is 3. The van der Waals surface area contributed by atoms with E-state index in [9.17, 15) is 0 Å². The summed E-state index contributed by atoms with van der Waals surface area (Å²) < 4.78 is 0. The van der Waals surface area contributed by atoms with E-state index in [-0.39, 0.29) is 0 Å². The van der Waals surface area contributed by atoms with Gasteiger partial charge in [0.15, 0.2) is 5.82 Å². The number of nitrogens with zero attached hydrogens (tertiary/aromatic N) is 3. The summed E-state index contributed by atoms with van der Waals surface area (Å²) in [7, 11) is 0. The van der Waals surface area contributed by atoms with Crippen LogP contribution in [0.25, 0.3) is 33.7 Å². The fourth-order valence-corrected chi connectivity index (χ4v) is 6.38. The average molecular weight is 423 g/mol. The molecule has 0 saturated heterocycles. The molecule has 1 aromatic carbocycles. The molecule has 162 valence electrons. The number of aromatic amines is 1. The van der Waals surface area contributed by atoms with Gasteiger partial charge in [-0.25, -0.2) is 15.0 Å². The fourth-order valence-electron chi connectivity index (χ4n) is 6.38. The average Bonchev–Trinajstić information content (AvgIpc) is 3.18. The van der Waals surface area contributed by atoms with Crippen molar-refractivity contribution in [2.45, 2.75) is 46.0 Å². The molecule has 4 heteroatoms. The molecule has 4 aromatic rings. The molecule has 1 N–H and O–H groups in total. The zero-order valence-corrected chi connectivity index (χ0v) is 18.9. The van der Waals surface area contributed by atoms with Gasteiger partial charge in [-0.3, -0.25) is 0 Å². The molecule has 3 aliphatic rings. The van der Waals surface area contributed by atoms with Crippen LogP contribution < -0.4 is 0 Å². The van der Waals surface area contributed by atoms with Gasteiger partial charge in [0.2, 0.25) is 0 Å². The van der Waals surface area contributed by atoms with E-state index < -0.39 is 0 Å². The van der Waals surface area contributed by atoms with E-state index in [4.69, 9.17) is 9.97 Å². The first kappa shape index (κ1) is 19.7. The Morgan fingerprint density at radius 3 is 2.50 bits per heavy atom. The smallest absolute Gasteiger partial charge is 0.162 e. The quantitative estimate of drug-likeness (QED) is 0.402. The lowest BCUT2D eigenvalue weighted by Gasteiger charge is -2.47. The highest BCUT2D eigenvalue weighted by Gasteiger charge is 2.41. The lowest BCUT2D eigenvalue weighted by Crippen LogP contribution is -2.39. The van der Waals surface area contributed by atoms with Gasteiger partial charge in [0.05, 0.1) is 5.69 Å². The SMILES string of the molecule is Cc1[nH]c2ncccc2c1-c1nc(CC2C3CCC(CC3)C2C)cc(-c2ccccc2)n1. The number of pyridine rings is 1. The van der Waals surface area contributed by atoms with Crippen molar-refractivity contribution in [2.24, 2.45) is 23.7 Å². The van der Waals surface area contributed by atoms with Crippen LogP contribution in [0.1, 0.15) is 44.0 Å². The molecule has 4 nitrogen and oxygen atoms in total. The number of rotatable bonds is 4. The van der Waals surface area contributed by atoms with Gasteiger partial charge in [-0.2, -0.15) is 0 Å². The molecular weight excluding hydrogens is 392 g/mol. The maximum atomic E-state index is 5.17. The van der Waals surface area contributed by atoms with Crippen LogP contribution in [0.2, 0.25) is 0 Å². The third-order valence-corrected chi connectivity index (χ3v) is 8.12. The molecular formula is C28H30N4. The standard InChI is InChI=1S/C28H30N4/c1-17-19-10-12-20(13-11-19)24(17)15-22-16-25(21-7-4-3-5-8-21)32-28(31-22)26-18(2)30-27-23(26)9-6-14-29-27/h3-9,14,16-17,19-20,24H,10-13,15H2,1-2H3,(H,29,30). The molecule has 0 aliphatic heterocycles. The second-order valence-corrected chi connectivity index (χ2v) is 9.86. The normalized spacial score (nSPS) is 24.8. The Kier molecular flexibility index (Phi) is 4.82. The minimum atomic E-state index is 0.736. The van der Waals surface area contributed by atoms with Gasteiger partial charge < -0.3 is 4.98 Å². The van der Waals surface area contributed by atoms with Gasteiger partial charge in [-0.1, -0.05) is 37.3 Å². The highest BCUT2D eigenvalue weighted by atomic mass is 14.9. The number of hydrogen-bond donors (Lipinski definition) is 1. The van der Waals surface area contributed by atoms with E-state index in [1.165, 1.54) is 31.4 Å². The minimum Gasteiger partial charge on any atom is -0.343 e. The molecule has 3 saturated carbocycles. The number of fused-ring (bicyclic) bond motifs is 4. The first-order chi connectivity index (χ1) is 15.7. The van der Waals surface area contributed by atoms with Crippen molar-refractivity contribution in [1.29, 1.82) is 0 Å². The van der Waals surface area contributed by atoms with Crippen LogP contribution in [-0.2, 0) is 6.42 Å². The molecule has 3 fully saturated rings. The summed E-state index contributed by atoms with van der Waals surface area (Å²) in [4.78, 5) is 18.2. The van der Waals surface area contributed by atoms with Gasteiger partial charge in [0, 0.05) is 34.1 Å². The van der Waals surface area contributed by atoms with Crippen LogP contribution in [-0.4, -0.2) is 19.9 Å². The van der Waals surface area contributed by atoms with Crippen molar-refractivity contribution in [3.63, 3.8) is 0 Å². The van der Waals surface area contributed by atoms with Gasteiger partial charge in [0.1, 0.15) is 5.65 Å². The van der Waals surface area contributed by atoms with Crippen molar-refractivity contribution in [2.75, 3.05) is 0 Å². The summed E-state index contributed by atoms with van der Waals surface area (Å²) in [6.45, 7) is 4.58. The van der Waals surface area contributed by atoms with Crippen molar-refractivity contribution < 1.29 is 0 Å². The Balaban J connectivity index is 1.47. The summed E-state index contributed by atoms with van der Waals surface area (Å²) in [6, 6.07) is 16.8. The van der Waals surface area contributed by atoms with Crippen LogP contribution in [0.4, 0.5) is 0 Å².